The minimum absolute atomic E-state index is 0.0516. The first-order chi connectivity index (χ1) is 6.19. The summed E-state index contributed by atoms with van der Waals surface area (Å²) in [5.74, 6) is 0. The maximum absolute atomic E-state index is 9.08. The second-order valence-electron chi connectivity index (χ2n) is 3.03. The molecule has 2 N–H and O–H groups in total. The van der Waals surface area contributed by atoms with Gasteiger partial charge in [-0.05, 0) is 53.8 Å². The second-order valence-corrected chi connectivity index (χ2v) is 4.19. The molecule has 0 fully saturated rings. The summed E-state index contributed by atoms with van der Waals surface area (Å²) in [5, 5.41) is 12.1. The molecule has 1 rings (SSSR count). The van der Waals surface area contributed by atoms with Gasteiger partial charge in [-0.25, -0.2) is 0 Å². The fourth-order valence-electron chi connectivity index (χ4n) is 1.25. The fraction of sp³-hybridized carbons (Fsp3) is 0.400. The SMILES string of the molecule is CNC(CO)c1ccc(I)c(C)c1. The van der Waals surface area contributed by atoms with Gasteiger partial charge in [-0.2, -0.15) is 0 Å². The third-order valence-corrected chi connectivity index (χ3v) is 3.33. The third kappa shape index (κ3) is 2.65. The standard InChI is InChI=1S/C10H14INO/c1-7-5-8(3-4-9(7)11)10(6-13)12-2/h3-5,10,12-13H,6H2,1-2H3. The van der Waals surface area contributed by atoms with Crippen LogP contribution in [0.15, 0.2) is 18.2 Å². The van der Waals surface area contributed by atoms with Crippen molar-refractivity contribution in [1.29, 1.82) is 0 Å². The lowest BCUT2D eigenvalue weighted by Gasteiger charge is -2.14. The van der Waals surface area contributed by atoms with E-state index in [0.717, 1.165) is 5.56 Å². The number of aryl methyl sites for hydroxylation is 1. The molecule has 0 aliphatic carbocycles. The van der Waals surface area contributed by atoms with E-state index in [1.54, 1.807) is 0 Å². The largest absolute Gasteiger partial charge is 0.394 e. The van der Waals surface area contributed by atoms with Crippen LogP contribution in [0.1, 0.15) is 17.2 Å². The van der Waals surface area contributed by atoms with E-state index in [1.165, 1.54) is 9.13 Å². The van der Waals surface area contributed by atoms with Gasteiger partial charge in [-0.3, -0.25) is 0 Å². The Morgan fingerprint density at radius 3 is 2.69 bits per heavy atom. The number of aliphatic hydroxyl groups excluding tert-OH is 1. The van der Waals surface area contributed by atoms with E-state index >= 15 is 0 Å². The molecular formula is C10H14INO. The molecule has 0 saturated carbocycles. The predicted octanol–water partition coefficient (Wildman–Crippen LogP) is 1.85. The molecule has 0 aromatic heterocycles. The lowest BCUT2D eigenvalue weighted by atomic mass is 10.1. The van der Waals surface area contributed by atoms with Crippen molar-refractivity contribution in [3.8, 4) is 0 Å². The number of likely N-dealkylation sites (N-methyl/N-ethyl adjacent to an activating group) is 1. The van der Waals surface area contributed by atoms with Gasteiger partial charge in [-0.15, -0.1) is 0 Å². The van der Waals surface area contributed by atoms with E-state index < -0.39 is 0 Å². The zero-order valence-electron chi connectivity index (χ0n) is 7.84. The average Bonchev–Trinajstić information content (AvgIpc) is 2.13. The van der Waals surface area contributed by atoms with Gasteiger partial charge < -0.3 is 10.4 Å². The van der Waals surface area contributed by atoms with E-state index in [2.05, 4.69) is 47.0 Å². The lowest BCUT2D eigenvalue weighted by Crippen LogP contribution is -2.19. The normalized spacial score (nSPS) is 12.9. The van der Waals surface area contributed by atoms with E-state index in [0.29, 0.717) is 0 Å². The van der Waals surface area contributed by atoms with E-state index in [1.807, 2.05) is 13.1 Å². The van der Waals surface area contributed by atoms with Gasteiger partial charge in [0, 0.05) is 3.57 Å². The Kier molecular flexibility index (Phi) is 4.15. The van der Waals surface area contributed by atoms with Crippen LogP contribution < -0.4 is 5.32 Å². The first-order valence-electron chi connectivity index (χ1n) is 4.23. The zero-order chi connectivity index (χ0) is 9.84. The van der Waals surface area contributed by atoms with E-state index in [4.69, 9.17) is 5.11 Å². The van der Waals surface area contributed by atoms with Crippen LogP contribution in [-0.4, -0.2) is 18.8 Å². The molecule has 0 heterocycles. The first kappa shape index (κ1) is 10.9. The Morgan fingerprint density at radius 2 is 2.23 bits per heavy atom. The molecule has 0 spiro atoms. The summed E-state index contributed by atoms with van der Waals surface area (Å²) >= 11 is 2.31. The summed E-state index contributed by atoms with van der Waals surface area (Å²) < 4.78 is 1.26. The van der Waals surface area contributed by atoms with Crippen molar-refractivity contribution in [3.63, 3.8) is 0 Å². The van der Waals surface area contributed by atoms with Gasteiger partial charge in [0.25, 0.3) is 0 Å². The van der Waals surface area contributed by atoms with Crippen LogP contribution in [0, 0.1) is 10.5 Å². The van der Waals surface area contributed by atoms with Crippen LogP contribution in [0.25, 0.3) is 0 Å². The number of benzene rings is 1. The van der Waals surface area contributed by atoms with Crippen molar-refractivity contribution in [2.45, 2.75) is 13.0 Å². The van der Waals surface area contributed by atoms with Gasteiger partial charge in [0.15, 0.2) is 0 Å². The molecule has 72 valence electrons. The number of nitrogens with one attached hydrogen (secondary N) is 1. The summed E-state index contributed by atoms with van der Waals surface area (Å²) in [6.45, 7) is 2.21. The molecule has 2 nitrogen and oxygen atoms in total. The molecule has 0 aliphatic rings. The van der Waals surface area contributed by atoms with Gasteiger partial charge in [0.1, 0.15) is 0 Å². The average molecular weight is 291 g/mol. The van der Waals surface area contributed by atoms with Crippen molar-refractivity contribution in [3.05, 3.63) is 32.9 Å². The number of halogens is 1. The Labute approximate surface area is 92.5 Å². The Hall–Kier alpha value is -0.130. The lowest BCUT2D eigenvalue weighted by molar-refractivity contribution is 0.251. The first-order valence-corrected chi connectivity index (χ1v) is 5.31. The van der Waals surface area contributed by atoms with Crippen molar-refractivity contribution in [1.82, 2.24) is 5.32 Å². The Balaban J connectivity index is 2.95. The molecule has 0 bridgehead atoms. The maximum Gasteiger partial charge on any atom is 0.0626 e. The molecule has 1 aromatic rings. The zero-order valence-corrected chi connectivity index (χ0v) is 10.00. The Morgan fingerprint density at radius 1 is 1.54 bits per heavy atom. The minimum Gasteiger partial charge on any atom is -0.394 e. The van der Waals surface area contributed by atoms with Crippen molar-refractivity contribution in [2.24, 2.45) is 0 Å². The van der Waals surface area contributed by atoms with Crippen LogP contribution in [0.2, 0.25) is 0 Å². The molecule has 1 atom stereocenters. The molecule has 0 aliphatic heterocycles. The van der Waals surface area contributed by atoms with Crippen LogP contribution >= 0.6 is 22.6 Å². The molecule has 1 aromatic carbocycles. The molecular weight excluding hydrogens is 277 g/mol. The highest BCUT2D eigenvalue weighted by atomic mass is 127. The van der Waals surface area contributed by atoms with Gasteiger partial charge in [-0.1, -0.05) is 12.1 Å². The highest BCUT2D eigenvalue weighted by Gasteiger charge is 2.07. The van der Waals surface area contributed by atoms with Gasteiger partial charge >= 0.3 is 0 Å². The summed E-state index contributed by atoms with van der Waals surface area (Å²) in [5.41, 5.74) is 2.40. The number of rotatable bonds is 3. The predicted molar refractivity (Wildman–Crippen MR) is 62.8 cm³/mol. The number of hydrogen-bond acceptors (Lipinski definition) is 2. The monoisotopic (exact) mass is 291 g/mol. The van der Waals surface area contributed by atoms with Crippen LogP contribution in [0.3, 0.4) is 0 Å². The van der Waals surface area contributed by atoms with Crippen molar-refractivity contribution >= 4 is 22.6 Å². The smallest absolute Gasteiger partial charge is 0.0626 e. The van der Waals surface area contributed by atoms with Crippen LogP contribution in [-0.2, 0) is 0 Å². The highest BCUT2D eigenvalue weighted by molar-refractivity contribution is 14.1. The summed E-state index contributed by atoms with van der Waals surface area (Å²) in [4.78, 5) is 0. The summed E-state index contributed by atoms with van der Waals surface area (Å²) in [7, 11) is 1.86. The topological polar surface area (TPSA) is 32.3 Å². The molecule has 0 amide bonds. The van der Waals surface area contributed by atoms with Crippen LogP contribution in [0.4, 0.5) is 0 Å². The number of hydrogen-bond donors (Lipinski definition) is 2. The highest BCUT2D eigenvalue weighted by Crippen LogP contribution is 2.18. The van der Waals surface area contributed by atoms with Crippen LogP contribution in [0.5, 0.6) is 0 Å². The summed E-state index contributed by atoms with van der Waals surface area (Å²) in [6, 6.07) is 6.28. The molecule has 0 saturated heterocycles. The van der Waals surface area contributed by atoms with E-state index in [9.17, 15) is 0 Å². The number of aliphatic hydroxyl groups is 1. The molecule has 3 heteroatoms. The molecule has 13 heavy (non-hydrogen) atoms. The fourth-order valence-corrected chi connectivity index (χ4v) is 1.58. The van der Waals surface area contributed by atoms with Gasteiger partial charge in [0.2, 0.25) is 0 Å². The molecule has 1 unspecified atom stereocenters. The van der Waals surface area contributed by atoms with Crippen molar-refractivity contribution < 1.29 is 5.11 Å². The van der Waals surface area contributed by atoms with Crippen molar-refractivity contribution in [2.75, 3.05) is 13.7 Å². The quantitative estimate of drug-likeness (QED) is 0.833. The Bertz CT molecular complexity index is 284. The maximum atomic E-state index is 9.08. The third-order valence-electron chi connectivity index (χ3n) is 2.12. The summed E-state index contributed by atoms with van der Waals surface area (Å²) in [6.07, 6.45) is 0. The molecule has 0 radical (unpaired) electrons. The van der Waals surface area contributed by atoms with E-state index in [-0.39, 0.29) is 12.6 Å². The minimum atomic E-state index is 0.0516. The second kappa shape index (κ2) is 4.93. The van der Waals surface area contributed by atoms with Gasteiger partial charge in [0.05, 0.1) is 12.6 Å².